The maximum Gasteiger partial charge on any atom is 0.0406 e. The van der Waals surface area contributed by atoms with Crippen molar-refractivity contribution >= 4 is 11.6 Å². The molecule has 100 valence electrons. The van der Waals surface area contributed by atoms with Gasteiger partial charge in [0.1, 0.15) is 0 Å². The summed E-state index contributed by atoms with van der Waals surface area (Å²) in [6.45, 7) is 4.35. The summed E-state index contributed by atoms with van der Waals surface area (Å²) in [7, 11) is 2.02. The number of hydrogen-bond acceptors (Lipinski definition) is 1. The Hall–Kier alpha value is -1.31. The average molecular weight is 274 g/mol. The van der Waals surface area contributed by atoms with Crippen LogP contribution in [0.5, 0.6) is 0 Å². The average Bonchev–Trinajstić information content (AvgIpc) is 2.39. The molecule has 0 amide bonds. The van der Waals surface area contributed by atoms with Gasteiger partial charge in [-0.3, -0.25) is 0 Å². The van der Waals surface area contributed by atoms with E-state index in [9.17, 15) is 0 Å². The third-order valence-corrected chi connectivity index (χ3v) is 3.84. The van der Waals surface area contributed by atoms with Crippen LogP contribution in [-0.2, 0) is 6.42 Å². The molecule has 0 bridgehead atoms. The van der Waals surface area contributed by atoms with E-state index in [0.717, 1.165) is 11.4 Å². The summed E-state index contributed by atoms with van der Waals surface area (Å²) >= 11 is 5.93. The molecule has 1 atom stereocenters. The number of benzene rings is 2. The summed E-state index contributed by atoms with van der Waals surface area (Å²) in [5.41, 5.74) is 5.38. The van der Waals surface area contributed by atoms with Gasteiger partial charge in [-0.05, 0) is 61.7 Å². The molecular weight excluding hydrogens is 254 g/mol. The molecule has 0 saturated heterocycles. The van der Waals surface area contributed by atoms with Gasteiger partial charge in [-0.15, -0.1) is 0 Å². The Kier molecular flexibility index (Phi) is 4.62. The van der Waals surface area contributed by atoms with Crippen LogP contribution in [0.1, 0.15) is 28.3 Å². The van der Waals surface area contributed by atoms with Crippen LogP contribution < -0.4 is 5.32 Å². The Morgan fingerprint density at radius 2 is 1.58 bits per heavy atom. The fourth-order valence-corrected chi connectivity index (χ4v) is 2.71. The summed E-state index contributed by atoms with van der Waals surface area (Å²) in [4.78, 5) is 0. The van der Waals surface area contributed by atoms with Crippen molar-refractivity contribution in [3.8, 4) is 0 Å². The fraction of sp³-hybridized carbons (Fsp3) is 0.294. The first-order valence-corrected chi connectivity index (χ1v) is 6.97. The zero-order chi connectivity index (χ0) is 13.8. The van der Waals surface area contributed by atoms with Crippen LogP contribution in [0.25, 0.3) is 0 Å². The normalized spacial score (nSPS) is 12.4. The lowest BCUT2D eigenvalue weighted by molar-refractivity contribution is 0.586. The topological polar surface area (TPSA) is 12.0 Å². The van der Waals surface area contributed by atoms with Gasteiger partial charge in [0.15, 0.2) is 0 Å². The summed E-state index contributed by atoms with van der Waals surface area (Å²) in [5, 5.41) is 4.22. The van der Waals surface area contributed by atoms with Crippen LogP contribution >= 0.6 is 11.6 Å². The van der Waals surface area contributed by atoms with E-state index >= 15 is 0 Å². The van der Waals surface area contributed by atoms with Crippen molar-refractivity contribution < 1.29 is 0 Å². The predicted octanol–water partition coefficient (Wildman–Crippen LogP) is 4.46. The minimum absolute atomic E-state index is 0.336. The van der Waals surface area contributed by atoms with Gasteiger partial charge in [-0.1, -0.05) is 41.9 Å². The van der Waals surface area contributed by atoms with Crippen molar-refractivity contribution in [1.29, 1.82) is 0 Å². The largest absolute Gasteiger partial charge is 0.313 e. The van der Waals surface area contributed by atoms with Gasteiger partial charge in [0.2, 0.25) is 0 Å². The SMILES string of the molecule is CNC(Cc1ccc(Cl)cc1)c1c(C)cccc1C. The van der Waals surface area contributed by atoms with Crippen LogP contribution in [0.15, 0.2) is 42.5 Å². The van der Waals surface area contributed by atoms with Gasteiger partial charge in [-0.25, -0.2) is 0 Å². The molecule has 0 aliphatic heterocycles. The second-order valence-corrected chi connectivity index (χ2v) is 5.41. The van der Waals surface area contributed by atoms with E-state index in [1.807, 2.05) is 19.2 Å². The number of aryl methyl sites for hydroxylation is 2. The molecule has 0 aromatic heterocycles. The molecule has 0 fully saturated rings. The predicted molar refractivity (Wildman–Crippen MR) is 82.9 cm³/mol. The summed E-state index contributed by atoms with van der Waals surface area (Å²) < 4.78 is 0. The van der Waals surface area contributed by atoms with Gasteiger partial charge < -0.3 is 5.32 Å². The van der Waals surface area contributed by atoms with E-state index in [1.54, 1.807) is 0 Å². The van der Waals surface area contributed by atoms with Gasteiger partial charge in [-0.2, -0.15) is 0 Å². The van der Waals surface area contributed by atoms with Crippen molar-refractivity contribution in [1.82, 2.24) is 5.32 Å². The Balaban J connectivity index is 2.27. The van der Waals surface area contributed by atoms with E-state index in [-0.39, 0.29) is 0 Å². The van der Waals surface area contributed by atoms with Crippen LogP contribution in [0, 0.1) is 13.8 Å². The van der Waals surface area contributed by atoms with E-state index in [0.29, 0.717) is 6.04 Å². The molecule has 0 aliphatic carbocycles. The van der Waals surface area contributed by atoms with Gasteiger partial charge >= 0.3 is 0 Å². The highest BCUT2D eigenvalue weighted by atomic mass is 35.5. The maximum atomic E-state index is 5.93. The third kappa shape index (κ3) is 3.37. The third-order valence-electron chi connectivity index (χ3n) is 3.59. The molecule has 0 spiro atoms. The number of rotatable bonds is 4. The second-order valence-electron chi connectivity index (χ2n) is 4.98. The number of nitrogens with one attached hydrogen (secondary N) is 1. The van der Waals surface area contributed by atoms with E-state index < -0.39 is 0 Å². The highest BCUT2D eigenvalue weighted by Crippen LogP contribution is 2.25. The Labute approximate surface area is 120 Å². The van der Waals surface area contributed by atoms with Crippen LogP contribution in [0.4, 0.5) is 0 Å². The highest BCUT2D eigenvalue weighted by molar-refractivity contribution is 6.30. The number of hydrogen-bond donors (Lipinski definition) is 1. The van der Waals surface area contributed by atoms with E-state index in [4.69, 9.17) is 11.6 Å². The lowest BCUT2D eigenvalue weighted by Gasteiger charge is -2.21. The first-order chi connectivity index (χ1) is 9.11. The van der Waals surface area contributed by atoms with E-state index in [1.165, 1.54) is 22.3 Å². The molecule has 2 aromatic carbocycles. The van der Waals surface area contributed by atoms with Crippen molar-refractivity contribution in [3.05, 3.63) is 69.7 Å². The Bertz CT molecular complexity index is 525. The molecule has 2 rings (SSSR count). The second kappa shape index (κ2) is 6.23. The maximum absolute atomic E-state index is 5.93. The molecule has 0 aliphatic rings. The van der Waals surface area contributed by atoms with Crippen LogP contribution in [-0.4, -0.2) is 7.05 Å². The molecule has 2 heteroatoms. The lowest BCUT2D eigenvalue weighted by Crippen LogP contribution is -2.20. The first-order valence-electron chi connectivity index (χ1n) is 6.59. The highest BCUT2D eigenvalue weighted by Gasteiger charge is 2.14. The zero-order valence-corrected chi connectivity index (χ0v) is 12.5. The summed E-state index contributed by atoms with van der Waals surface area (Å²) in [6, 6.07) is 14.9. The number of likely N-dealkylation sites (N-methyl/N-ethyl adjacent to an activating group) is 1. The quantitative estimate of drug-likeness (QED) is 0.867. The van der Waals surface area contributed by atoms with Crippen molar-refractivity contribution in [2.45, 2.75) is 26.3 Å². The lowest BCUT2D eigenvalue weighted by atomic mass is 9.92. The molecule has 19 heavy (non-hydrogen) atoms. The first kappa shape index (κ1) is 14.1. The summed E-state index contributed by atoms with van der Waals surface area (Å²) in [5.74, 6) is 0. The molecule has 0 radical (unpaired) electrons. The smallest absolute Gasteiger partial charge is 0.0406 e. The van der Waals surface area contributed by atoms with Crippen molar-refractivity contribution in [2.24, 2.45) is 0 Å². The molecule has 0 saturated carbocycles. The molecule has 1 nitrogen and oxygen atoms in total. The van der Waals surface area contributed by atoms with Crippen molar-refractivity contribution in [3.63, 3.8) is 0 Å². The molecule has 1 unspecified atom stereocenters. The zero-order valence-electron chi connectivity index (χ0n) is 11.7. The van der Waals surface area contributed by atoms with Crippen LogP contribution in [0.3, 0.4) is 0 Å². The van der Waals surface area contributed by atoms with Crippen molar-refractivity contribution in [2.75, 3.05) is 7.05 Å². The Morgan fingerprint density at radius 3 is 2.11 bits per heavy atom. The van der Waals surface area contributed by atoms with Gasteiger partial charge in [0, 0.05) is 11.1 Å². The minimum atomic E-state index is 0.336. The molecule has 2 aromatic rings. The number of halogens is 1. The molecule has 0 heterocycles. The monoisotopic (exact) mass is 273 g/mol. The Morgan fingerprint density at radius 1 is 1.00 bits per heavy atom. The molecular formula is C17H20ClN. The summed E-state index contributed by atoms with van der Waals surface area (Å²) in [6.07, 6.45) is 0.972. The molecule has 1 N–H and O–H groups in total. The van der Waals surface area contributed by atoms with E-state index in [2.05, 4.69) is 49.5 Å². The standard InChI is InChI=1S/C17H20ClN/c1-12-5-4-6-13(2)17(12)16(19-3)11-14-7-9-15(18)10-8-14/h4-10,16,19H,11H2,1-3H3. The van der Waals surface area contributed by atoms with Crippen LogP contribution in [0.2, 0.25) is 5.02 Å². The van der Waals surface area contributed by atoms with Gasteiger partial charge in [0.25, 0.3) is 0 Å². The van der Waals surface area contributed by atoms with Gasteiger partial charge in [0.05, 0.1) is 0 Å². The fourth-order valence-electron chi connectivity index (χ4n) is 2.58. The minimum Gasteiger partial charge on any atom is -0.313 e.